The van der Waals surface area contributed by atoms with E-state index < -0.39 is 0 Å². The Morgan fingerprint density at radius 3 is 2.68 bits per heavy atom. The minimum Gasteiger partial charge on any atom is -0.361 e. The van der Waals surface area contributed by atoms with Crippen molar-refractivity contribution in [3.8, 4) is 0 Å². The van der Waals surface area contributed by atoms with Crippen LogP contribution in [-0.4, -0.2) is 27.5 Å². The van der Waals surface area contributed by atoms with Gasteiger partial charge in [-0.15, -0.1) is 0 Å². The first kappa shape index (κ1) is 12.1. The first-order valence-electron chi connectivity index (χ1n) is 6.45. The average molecular weight is 256 g/mol. The van der Waals surface area contributed by atoms with Crippen LogP contribution in [-0.2, 0) is 4.74 Å². The summed E-state index contributed by atoms with van der Waals surface area (Å²) in [7, 11) is 0. The van der Waals surface area contributed by atoms with Gasteiger partial charge in [0.15, 0.2) is 0 Å². The van der Waals surface area contributed by atoms with Crippen LogP contribution in [0, 0.1) is 0 Å². The predicted octanol–water partition coefficient (Wildman–Crippen LogP) is 2.46. The highest BCUT2D eigenvalue weighted by Gasteiger charge is 2.42. The molecule has 1 aromatic heterocycles. The summed E-state index contributed by atoms with van der Waals surface area (Å²) in [5.74, 6) is 0.0211. The van der Waals surface area contributed by atoms with E-state index in [0.29, 0.717) is 5.69 Å². The van der Waals surface area contributed by atoms with E-state index in [1.54, 1.807) is 12.5 Å². The van der Waals surface area contributed by atoms with Crippen molar-refractivity contribution < 1.29 is 9.53 Å². The van der Waals surface area contributed by atoms with Gasteiger partial charge in [0.2, 0.25) is 5.78 Å². The molecule has 0 radical (unpaired) electrons. The van der Waals surface area contributed by atoms with Crippen molar-refractivity contribution in [2.24, 2.45) is 0 Å². The molecular formula is C15H16N2O2. The van der Waals surface area contributed by atoms with E-state index in [1.807, 2.05) is 29.7 Å². The number of aromatic nitrogens is 2. The molecule has 0 N–H and O–H groups in total. The summed E-state index contributed by atoms with van der Waals surface area (Å²) in [6.45, 7) is 3.97. The second-order valence-corrected chi connectivity index (χ2v) is 4.90. The largest absolute Gasteiger partial charge is 0.361 e. The fourth-order valence-electron chi connectivity index (χ4n) is 2.30. The summed E-state index contributed by atoms with van der Waals surface area (Å²) in [4.78, 5) is 16.4. The number of rotatable bonds is 4. The zero-order valence-electron chi connectivity index (χ0n) is 11.0. The molecule has 19 heavy (non-hydrogen) atoms. The molecule has 98 valence electrons. The van der Waals surface area contributed by atoms with Crippen LogP contribution >= 0.6 is 0 Å². The number of ketones is 1. The standard InChI is InChI=1S/C15H16N2O2/c1-10(12-6-4-3-5-7-12)17-9-16-8-13(17)14(18)15-11(2)19-15/h3-11,15H,1-2H3/t10-,11?,15?/m1/s1. The maximum Gasteiger partial charge on any atom is 0.212 e. The Morgan fingerprint density at radius 2 is 2.05 bits per heavy atom. The molecule has 1 aromatic carbocycles. The van der Waals surface area contributed by atoms with E-state index >= 15 is 0 Å². The van der Waals surface area contributed by atoms with Crippen LogP contribution in [0.1, 0.15) is 35.9 Å². The topological polar surface area (TPSA) is 47.4 Å². The van der Waals surface area contributed by atoms with Gasteiger partial charge in [-0.25, -0.2) is 4.98 Å². The monoisotopic (exact) mass is 256 g/mol. The molecular weight excluding hydrogens is 240 g/mol. The molecule has 3 rings (SSSR count). The number of nitrogens with zero attached hydrogens (tertiary/aromatic N) is 2. The Labute approximate surface area is 112 Å². The maximum atomic E-state index is 12.2. The first-order chi connectivity index (χ1) is 9.18. The molecule has 2 aromatic rings. The van der Waals surface area contributed by atoms with E-state index in [0.717, 1.165) is 5.56 Å². The highest BCUT2D eigenvalue weighted by atomic mass is 16.6. The number of Topliss-reactive ketones (excluding diaryl/α,β-unsaturated/α-hetero) is 1. The Hall–Kier alpha value is -1.94. The van der Waals surface area contributed by atoms with Gasteiger partial charge in [0.25, 0.3) is 0 Å². The summed E-state index contributed by atoms with van der Waals surface area (Å²) in [6.07, 6.45) is 3.06. The lowest BCUT2D eigenvalue weighted by molar-refractivity contribution is 0.0943. The molecule has 0 aliphatic carbocycles. The molecule has 3 atom stereocenters. The second kappa shape index (κ2) is 4.63. The molecule has 4 heteroatoms. The van der Waals surface area contributed by atoms with Crippen LogP contribution in [0.2, 0.25) is 0 Å². The van der Waals surface area contributed by atoms with E-state index in [2.05, 4.69) is 24.0 Å². The van der Waals surface area contributed by atoms with E-state index in [-0.39, 0.29) is 24.0 Å². The van der Waals surface area contributed by atoms with Gasteiger partial charge in [0, 0.05) is 0 Å². The normalized spacial score (nSPS) is 23.1. The first-order valence-corrected chi connectivity index (χ1v) is 6.45. The van der Waals surface area contributed by atoms with Crippen molar-refractivity contribution in [3.05, 3.63) is 54.1 Å². The van der Waals surface area contributed by atoms with Crippen molar-refractivity contribution in [1.82, 2.24) is 9.55 Å². The average Bonchev–Trinajstić information content (AvgIpc) is 2.98. The van der Waals surface area contributed by atoms with Crippen LogP contribution in [0.5, 0.6) is 0 Å². The third-order valence-electron chi connectivity index (χ3n) is 3.59. The fourth-order valence-corrected chi connectivity index (χ4v) is 2.30. The molecule has 0 spiro atoms. The number of hydrogen-bond acceptors (Lipinski definition) is 3. The molecule has 2 unspecified atom stereocenters. The molecule has 0 amide bonds. The summed E-state index contributed by atoms with van der Waals surface area (Å²) < 4.78 is 7.16. The number of carbonyl (C=O) groups is 1. The number of benzene rings is 1. The van der Waals surface area contributed by atoms with Gasteiger partial charge in [0.1, 0.15) is 11.8 Å². The number of carbonyl (C=O) groups excluding carboxylic acids is 1. The lowest BCUT2D eigenvalue weighted by Crippen LogP contribution is -2.17. The van der Waals surface area contributed by atoms with Crippen molar-refractivity contribution >= 4 is 5.78 Å². The Kier molecular flexibility index (Phi) is 2.95. The van der Waals surface area contributed by atoms with Crippen LogP contribution < -0.4 is 0 Å². The molecule has 4 nitrogen and oxygen atoms in total. The Morgan fingerprint density at radius 1 is 1.37 bits per heavy atom. The van der Waals surface area contributed by atoms with Crippen LogP contribution in [0.15, 0.2) is 42.9 Å². The van der Waals surface area contributed by atoms with Gasteiger partial charge in [-0.2, -0.15) is 0 Å². The highest BCUT2D eigenvalue weighted by Crippen LogP contribution is 2.27. The number of ether oxygens (including phenoxy) is 1. The third-order valence-corrected chi connectivity index (χ3v) is 3.59. The molecule has 2 heterocycles. The quantitative estimate of drug-likeness (QED) is 0.623. The second-order valence-electron chi connectivity index (χ2n) is 4.90. The maximum absolute atomic E-state index is 12.2. The van der Waals surface area contributed by atoms with E-state index in [9.17, 15) is 4.79 Å². The molecule has 0 saturated carbocycles. The smallest absolute Gasteiger partial charge is 0.212 e. The van der Waals surface area contributed by atoms with Gasteiger partial charge < -0.3 is 9.30 Å². The lowest BCUT2D eigenvalue weighted by atomic mass is 10.1. The number of epoxide rings is 1. The van der Waals surface area contributed by atoms with Gasteiger partial charge in [-0.3, -0.25) is 4.79 Å². The minimum atomic E-state index is -0.293. The van der Waals surface area contributed by atoms with Gasteiger partial charge in [-0.1, -0.05) is 30.3 Å². The Bertz CT molecular complexity index is 591. The van der Waals surface area contributed by atoms with Gasteiger partial charge in [0.05, 0.1) is 24.7 Å². The van der Waals surface area contributed by atoms with Crippen molar-refractivity contribution in [2.75, 3.05) is 0 Å². The molecule has 1 aliphatic rings. The third kappa shape index (κ3) is 2.19. The fraction of sp³-hybridized carbons (Fsp3) is 0.333. The minimum absolute atomic E-state index is 0.0211. The summed E-state index contributed by atoms with van der Waals surface area (Å²) in [5, 5.41) is 0. The molecule has 1 saturated heterocycles. The SMILES string of the molecule is CC1OC1C(=O)c1cncn1[C@H](C)c1ccccc1. The van der Waals surface area contributed by atoms with Crippen molar-refractivity contribution in [3.63, 3.8) is 0 Å². The summed E-state index contributed by atoms with van der Waals surface area (Å²) in [5.41, 5.74) is 1.77. The zero-order valence-corrected chi connectivity index (χ0v) is 11.0. The summed E-state index contributed by atoms with van der Waals surface area (Å²) >= 11 is 0. The number of hydrogen-bond donors (Lipinski definition) is 0. The van der Waals surface area contributed by atoms with Crippen LogP contribution in [0.25, 0.3) is 0 Å². The molecule has 1 aliphatic heterocycles. The van der Waals surface area contributed by atoms with Crippen LogP contribution in [0.4, 0.5) is 0 Å². The lowest BCUT2D eigenvalue weighted by Gasteiger charge is -2.16. The summed E-state index contributed by atoms with van der Waals surface area (Å²) in [6, 6.07) is 10.2. The van der Waals surface area contributed by atoms with Gasteiger partial charge >= 0.3 is 0 Å². The predicted molar refractivity (Wildman–Crippen MR) is 71.1 cm³/mol. The van der Waals surface area contributed by atoms with Crippen molar-refractivity contribution in [1.29, 1.82) is 0 Å². The van der Waals surface area contributed by atoms with Crippen molar-refractivity contribution in [2.45, 2.75) is 32.1 Å². The zero-order chi connectivity index (χ0) is 13.4. The highest BCUT2D eigenvalue weighted by molar-refractivity contribution is 5.99. The van der Waals surface area contributed by atoms with Gasteiger partial charge in [-0.05, 0) is 19.4 Å². The van der Waals surface area contributed by atoms with E-state index in [4.69, 9.17) is 4.74 Å². The molecule has 1 fully saturated rings. The van der Waals surface area contributed by atoms with E-state index in [1.165, 1.54) is 0 Å². The number of imidazole rings is 1. The molecule has 0 bridgehead atoms. The Balaban J connectivity index is 1.90. The van der Waals surface area contributed by atoms with Crippen LogP contribution in [0.3, 0.4) is 0 Å².